The summed E-state index contributed by atoms with van der Waals surface area (Å²) in [5.41, 5.74) is 1.76. The molecule has 4 rings (SSSR count). The second kappa shape index (κ2) is 6.20. The summed E-state index contributed by atoms with van der Waals surface area (Å²) in [6, 6.07) is 9.27. The average Bonchev–Trinajstić information content (AvgIpc) is 3.31. The number of sulfonamides is 1. The molecule has 1 aromatic carbocycles. The first kappa shape index (κ1) is 16.2. The predicted molar refractivity (Wildman–Crippen MR) is 96.9 cm³/mol. The molecule has 2 aromatic heterocycles. The van der Waals surface area contributed by atoms with Crippen molar-refractivity contribution in [2.75, 3.05) is 13.2 Å². The SMILES string of the molecule is O=S(=O)(c1cc(-c2nc3ccccc3s2)cs1)N1CCC[C@@H]1CO. The first-order valence-electron chi connectivity index (χ1n) is 7.67. The Kier molecular flexibility index (Phi) is 4.17. The first-order chi connectivity index (χ1) is 11.6. The van der Waals surface area contributed by atoms with Crippen LogP contribution < -0.4 is 0 Å². The van der Waals surface area contributed by atoms with Crippen molar-refractivity contribution in [1.82, 2.24) is 9.29 Å². The lowest BCUT2D eigenvalue weighted by Gasteiger charge is -2.21. The zero-order valence-corrected chi connectivity index (χ0v) is 15.2. The Morgan fingerprint density at radius 1 is 1.33 bits per heavy atom. The van der Waals surface area contributed by atoms with Crippen LogP contribution in [0.5, 0.6) is 0 Å². The molecule has 3 aromatic rings. The lowest BCUT2D eigenvalue weighted by atomic mass is 10.2. The van der Waals surface area contributed by atoms with Gasteiger partial charge in [0.25, 0.3) is 10.0 Å². The second-order valence-electron chi connectivity index (χ2n) is 5.74. The monoisotopic (exact) mass is 380 g/mol. The molecule has 0 bridgehead atoms. The fourth-order valence-corrected chi connectivity index (χ4v) is 6.99. The highest BCUT2D eigenvalue weighted by Crippen LogP contribution is 2.36. The molecule has 1 fully saturated rings. The number of thiophene rings is 1. The number of para-hydroxylation sites is 1. The number of aliphatic hydroxyl groups excluding tert-OH is 1. The Morgan fingerprint density at radius 3 is 2.96 bits per heavy atom. The van der Waals surface area contributed by atoms with E-state index in [-0.39, 0.29) is 12.6 Å². The van der Waals surface area contributed by atoms with Crippen LogP contribution in [0.1, 0.15) is 12.8 Å². The highest BCUT2D eigenvalue weighted by Gasteiger charge is 2.35. The molecular weight excluding hydrogens is 364 g/mol. The molecule has 0 saturated carbocycles. The molecule has 1 aliphatic heterocycles. The standard InChI is InChI=1S/C16H16N2O3S3/c19-9-12-4-3-7-18(12)24(20,21)15-8-11(10-22-15)16-17-13-5-1-2-6-14(13)23-16/h1-2,5-6,8,10,12,19H,3-4,7,9H2/t12-/m1/s1. The van der Waals surface area contributed by atoms with Crippen LogP contribution in [-0.4, -0.2) is 42.0 Å². The van der Waals surface area contributed by atoms with E-state index in [4.69, 9.17) is 0 Å². The van der Waals surface area contributed by atoms with Crippen molar-refractivity contribution in [3.05, 3.63) is 35.7 Å². The normalized spacial score (nSPS) is 19.3. The number of benzene rings is 1. The second-order valence-corrected chi connectivity index (χ2v) is 9.79. The lowest BCUT2D eigenvalue weighted by molar-refractivity contribution is 0.213. The fourth-order valence-electron chi connectivity index (χ4n) is 2.98. The third kappa shape index (κ3) is 2.68. The van der Waals surface area contributed by atoms with Crippen molar-refractivity contribution in [2.24, 2.45) is 0 Å². The van der Waals surface area contributed by atoms with E-state index in [0.29, 0.717) is 17.2 Å². The van der Waals surface area contributed by atoms with Crippen molar-refractivity contribution < 1.29 is 13.5 Å². The van der Waals surface area contributed by atoms with Gasteiger partial charge >= 0.3 is 0 Å². The lowest BCUT2D eigenvalue weighted by Crippen LogP contribution is -2.37. The Morgan fingerprint density at radius 2 is 2.17 bits per heavy atom. The van der Waals surface area contributed by atoms with Crippen molar-refractivity contribution in [2.45, 2.75) is 23.1 Å². The summed E-state index contributed by atoms with van der Waals surface area (Å²) in [5, 5.41) is 12.1. The Bertz CT molecular complexity index is 944. The Balaban J connectivity index is 1.69. The molecule has 1 atom stereocenters. The molecule has 0 radical (unpaired) electrons. The third-order valence-electron chi connectivity index (χ3n) is 4.21. The van der Waals surface area contributed by atoms with Crippen LogP contribution in [0, 0.1) is 0 Å². The molecule has 126 valence electrons. The molecule has 1 aliphatic rings. The summed E-state index contributed by atoms with van der Waals surface area (Å²) in [4.78, 5) is 4.58. The smallest absolute Gasteiger partial charge is 0.252 e. The predicted octanol–water partition coefficient (Wildman–Crippen LogP) is 3.17. The zero-order chi connectivity index (χ0) is 16.7. The quantitative estimate of drug-likeness (QED) is 0.755. The number of rotatable bonds is 4. The maximum absolute atomic E-state index is 12.8. The maximum Gasteiger partial charge on any atom is 0.252 e. The molecule has 1 saturated heterocycles. The molecule has 0 amide bonds. The van der Waals surface area contributed by atoms with Crippen LogP contribution in [0.2, 0.25) is 0 Å². The van der Waals surface area contributed by atoms with Gasteiger partial charge in [0.2, 0.25) is 0 Å². The van der Waals surface area contributed by atoms with Crippen molar-refractivity contribution in [3.63, 3.8) is 0 Å². The number of thiazole rings is 1. The zero-order valence-electron chi connectivity index (χ0n) is 12.8. The van der Waals surface area contributed by atoms with Gasteiger partial charge in [0.1, 0.15) is 9.22 Å². The number of aromatic nitrogens is 1. The molecule has 0 spiro atoms. The van der Waals surface area contributed by atoms with Gasteiger partial charge < -0.3 is 5.11 Å². The fraction of sp³-hybridized carbons (Fsp3) is 0.312. The molecule has 24 heavy (non-hydrogen) atoms. The summed E-state index contributed by atoms with van der Waals surface area (Å²) in [5.74, 6) is 0. The largest absolute Gasteiger partial charge is 0.395 e. The third-order valence-corrected chi connectivity index (χ3v) is 8.67. The number of hydrogen-bond donors (Lipinski definition) is 1. The van der Waals surface area contributed by atoms with Crippen LogP contribution in [0.3, 0.4) is 0 Å². The Hall–Kier alpha value is -1.32. The topological polar surface area (TPSA) is 70.5 Å². The van der Waals surface area contributed by atoms with Gasteiger partial charge in [-0.2, -0.15) is 4.31 Å². The van der Waals surface area contributed by atoms with Gasteiger partial charge in [-0.25, -0.2) is 13.4 Å². The van der Waals surface area contributed by atoms with Gasteiger partial charge in [-0.1, -0.05) is 12.1 Å². The van der Waals surface area contributed by atoms with E-state index in [1.54, 1.807) is 17.4 Å². The minimum atomic E-state index is -3.55. The van der Waals surface area contributed by atoms with Gasteiger partial charge in [0.05, 0.1) is 16.8 Å². The van der Waals surface area contributed by atoms with Gasteiger partial charge in [-0.05, 0) is 31.0 Å². The van der Waals surface area contributed by atoms with E-state index in [2.05, 4.69) is 4.98 Å². The average molecular weight is 381 g/mol. The van der Waals surface area contributed by atoms with E-state index in [1.165, 1.54) is 15.6 Å². The van der Waals surface area contributed by atoms with Crippen LogP contribution in [0.4, 0.5) is 0 Å². The van der Waals surface area contributed by atoms with Gasteiger partial charge in [0, 0.05) is 23.5 Å². The summed E-state index contributed by atoms with van der Waals surface area (Å²) < 4.78 is 28.5. The van der Waals surface area contributed by atoms with Crippen molar-refractivity contribution in [1.29, 1.82) is 0 Å². The highest BCUT2D eigenvalue weighted by atomic mass is 32.2. The van der Waals surface area contributed by atoms with Crippen LogP contribution in [-0.2, 0) is 10.0 Å². The van der Waals surface area contributed by atoms with E-state index < -0.39 is 10.0 Å². The van der Waals surface area contributed by atoms with E-state index in [0.717, 1.165) is 27.2 Å². The molecular formula is C16H16N2O3S3. The molecule has 8 heteroatoms. The maximum atomic E-state index is 12.8. The Labute approximate surface area is 148 Å². The molecule has 1 N–H and O–H groups in total. The molecule has 0 unspecified atom stereocenters. The molecule has 0 aliphatic carbocycles. The number of hydrogen-bond acceptors (Lipinski definition) is 6. The molecule has 5 nitrogen and oxygen atoms in total. The van der Waals surface area contributed by atoms with E-state index in [9.17, 15) is 13.5 Å². The first-order valence-corrected chi connectivity index (χ1v) is 10.8. The van der Waals surface area contributed by atoms with Crippen LogP contribution in [0.25, 0.3) is 20.8 Å². The van der Waals surface area contributed by atoms with Gasteiger partial charge in [0.15, 0.2) is 0 Å². The summed E-state index contributed by atoms with van der Waals surface area (Å²) in [6.07, 6.45) is 1.51. The van der Waals surface area contributed by atoms with Crippen LogP contribution >= 0.6 is 22.7 Å². The summed E-state index contributed by atoms with van der Waals surface area (Å²) >= 11 is 2.77. The van der Waals surface area contributed by atoms with Crippen molar-refractivity contribution >= 4 is 42.9 Å². The van der Waals surface area contributed by atoms with Crippen LogP contribution in [0.15, 0.2) is 39.9 Å². The van der Waals surface area contributed by atoms with Gasteiger partial charge in [-0.15, -0.1) is 22.7 Å². The summed E-state index contributed by atoms with van der Waals surface area (Å²) in [7, 11) is -3.55. The van der Waals surface area contributed by atoms with Crippen molar-refractivity contribution in [3.8, 4) is 10.6 Å². The number of aliphatic hydroxyl groups is 1. The van der Waals surface area contributed by atoms with Gasteiger partial charge in [-0.3, -0.25) is 0 Å². The number of nitrogens with zero attached hydrogens (tertiary/aromatic N) is 2. The van der Waals surface area contributed by atoms with E-state index >= 15 is 0 Å². The minimum Gasteiger partial charge on any atom is -0.395 e. The number of fused-ring (bicyclic) bond motifs is 1. The van der Waals surface area contributed by atoms with E-state index in [1.807, 2.05) is 29.6 Å². The highest BCUT2D eigenvalue weighted by molar-refractivity contribution is 7.91. The molecule has 3 heterocycles. The summed E-state index contributed by atoms with van der Waals surface area (Å²) in [6.45, 7) is 0.345. The minimum absolute atomic E-state index is 0.130.